The molecular weight excluding hydrogens is 156 g/mol. The molecule has 2 nitrogen and oxygen atoms in total. The van der Waals surface area contributed by atoms with Crippen LogP contribution in [0.1, 0.15) is 5.56 Å². The summed E-state index contributed by atoms with van der Waals surface area (Å²) in [6.07, 6.45) is 3.68. The van der Waals surface area contributed by atoms with Crippen LogP contribution in [0.25, 0.3) is 5.52 Å². The average Bonchev–Trinajstić information content (AvgIpc) is 2.45. The van der Waals surface area contributed by atoms with Gasteiger partial charge in [0.2, 0.25) is 0 Å². The van der Waals surface area contributed by atoms with Crippen LogP contribution in [0, 0.1) is 6.92 Å². The summed E-state index contributed by atoms with van der Waals surface area (Å²) < 4.78 is 1.84. The van der Waals surface area contributed by atoms with Crippen LogP contribution in [0.2, 0.25) is 0 Å². The van der Waals surface area contributed by atoms with Gasteiger partial charge >= 0.3 is 0 Å². The first kappa shape index (κ1) is 6.73. The van der Waals surface area contributed by atoms with E-state index in [1.54, 1.807) is 6.20 Å². The zero-order chi connectivity index (χ0) is 7.84. The summed E-state index contributed by atoms with van der Waals surface area (Å²) in [6.45, 7) is 2.04. The molecule has 11 heavy (non-hydrogen) atoms. The van der Waals surface area contributed by atoms with E-state index in [4.69, 9.17) is 0 Å². The molecular formula is C8H8N2S. The molecule has 0 amide bonds. The molecule has 0 aliphatic carbocycles. The Morgan fingerprint density at radius 2 is 2.36 bits per heavy atom. The fourth-order valence-corrected chi connectivity index (χ4v) is 1.28. The number of rotatable bonds is 0. The molecule has 56 valence electrons. The highest BCUT2D eigenvalue weighted by Crippen LogP contribution is 2.16. The van der Waals surface area contributed by atoms with Crippen molar-refractivity contribution in [2.45, 2.75) is 11.8 Å². The summed E-state index contributed by atoms with van der Waals surface area (Å²) in [5, 5.41) is 4.14. The molecule has 0 aliphatic heterocycles. The van der Waals surface area contributed by atoms with Gasteiger partial charge in [-0.2, -0.15) is 5.10 Å². The van der Waals surface area contributed by atoms with E-state index < -0.39 is 0 Å². The van der Waals surface area contributed by atoms with E-state index in [-0.39, 0.29) is 0 Å². The van der Waals surface area contributed by atoms with E-state index in [0.29, 0.717) is 0 Å². The van der Waals surface area contributed by atoms with Crippen molar-refractivity contribution in [3.63, 3.8) is 0 Å². The highest BCUT2D eigenvalue weighted by atomic mass is 32.1. The Morgan fingerprint density at radius 3 is 3.18 bits per heavy atom. The van der Waals surface area contributed by atoms with E-state index >= 15 is 0 Å². The second-order valence-corrected chi connectivity index (χ2v) is 2.97. The lowest BCUT2D eigenvalue weighted by Gasteiger charge is -1.99. The van der Waals surface area contributed by atoms with Crippen molar-refractivity contribution < 1.29 is 0 Å². The SMILES string of the molecule is Cc1c(S)cnn2cccc12. The first-order valence-electron chi connectivity index (χ1n) is 3.41. The molecule has 2 aromatic heterocycles. The average molecular weight is 164 g/mol. The van der Waals surface area contributed by atoms with Gasteiger partial charge in [0, 0.05) is 11.1 Å². The van der Waals surface area contributed by atoms with Crippen LogP contribution in [0.5, 0.6) is 0 Å². The van der Waals surface area contributed by atoms with Crippen molar-refractivity contribution in [2.24, 2.45) is 0 Å². The molecule has 0 saturated carbocycles. The number of nitrogens with zero attached hydrogens (tertiary/aromatic N) is 2. The number of thiol groups is 1. The molecule has 0 bridgehead atoms. The Bertz CT molecular complexity index is 392. The first-order chi connectivity index (χ1) is 5.29. The molecule has 0 aliphatic rings. The van der Waals surface area contributed by atoms with E-state index in [9.17, 15) is 0 Å². The Balaban J connectivity index is 2.93. The maximum atomic E-state index is 4.27. The molecule has 0 N–H and O–H groups in total. The highest BCUT2D eigenvalue weighted by Gasteiger charge is 1.99. The van der Waals surface area contributed by atoms with Gasteiger partial charge in [-0.05, 0) is 24.6 Å². The van der Waals surface area contributed by atoms with E-state index in [2.05, 4.69) is 17.7 Å². The van der Waals surface area contributed by atoms with E-state index in [0.717, 1.165) is 10.4 Å². The third kappa shape index (κ3) is 0.922. The van der Waals surface area contributed by atoms with Crippen LogP contribution in [0.3, 0.4) is 0 Å². The van der Waals surface area contributed by atoms with Crippen LogP contribution < -0.4 is 0 Å². The van der Waals surface area contributed by atoms with Crippen LogP contribution in [-0.2, 0) is 0 Å². The monoisotopic (exact) mass is 164 g/mol. The maximum Gasteiger partial charge on any atom is 0.0686 e. The number of aromatic nitrogens is 2. The molecule has 0 atom stereocenters. The lowest BCUT2D eigenvalue weighted by molar-refractivity contribution is 0.909. The number of fused-ring (bicyclic) bond motifs is 1. The van der Waals surface area contributed by atoms with Crippen LogP contribution in [0.15, 0.2) is 29.4 Å². The predicted octanol–water partition coefficient (Wildman–Crippen LogP) is 1.93. The van der Waals surface area contributed by atoms with Gasteiger partial charge < -0.3 is 0 Å². The smallest absolute Gasteiger partial charge is 0.0686 e. The second-order valence-electron chi connectivity index (χ2n) is 2.49. The highest BCUT2D eigenvalue weighted by molar-refractivity contribution is 7.80. The standard InChI is InChI=1S/C8H8N2S/c1-6-7-3-2-4-10(7)9-5-8(6)11/h2-5,11H,1H3. The van der Waals surface area contributed by atoms with Gasteiger partial charge in [0.05, 0.1) is 11.7 Å². The molecule has 3 heteroatoms. The Labute approximate surface area is 70.3 Å². The van der Waals surface area contributed by atoms with Crippen molar-refractivity contribution in [2.75, 3.05) is 0 Å². The van der Waals surface area contributed by atoms with Gasteiger partial charge in [-0.25, -0.2) is 4.52 Å². The zero-order valence-electron chi connectivity index (χ0n) is 6.15. The second kappa shape index (κ2) is 2.27. The molecule has 0 saturated heterocycles. The molecule has 0 fully saturated rings. The lowest BCUT2D eigenvalue weighted by atomic mass is 10.3. The fraction of sp³-hybridized carbons (Fsp3) is 0.125. The van der Waals surface area contributed by atoms with Crippen molar-refractivity contribution in [1.82, 2.24) is 9.61 Å². The third-order valence-electron chi connectivity index (χ3n) is 1.80. The lowest BCUT2D eigenvalue weighted by Crippen LogP contribution is -1.91. The van der Waals surface area contributed by atoms with Gasteiger partial charge in [0.15, 0.2) is 0 Å². The van der Waals surface area contributed by atoms with Gasteiger partial charge in [-0.15, -0.1) is 12.6 Å². The topological polar surface area (TPSA) is 17.3 Å². The molecule has 0 aromatic carbocycles. The van der Waals surface area contributed by atoms with Crippen molar-refractivity contribution in [3.05, 3.63) is 30.1 Å². The van der Waals surface area contributed by atoms with E-state index in [1.807, 2.05) is 29.8 Å². The Hall–Kier alpha value is -0.960. The molecule has 2 aromatic rings. The molecule has 2 heterocycles. The van der Waals surface area contributed by atoms with Gasteiger partial charge in [0.1, 0.15) is 0 Å². The van der Waals surface area contributed by atoms with E-state index in [1.165, 1.54) is 5.56 Å². The third-order valence-corrected chi connectivity index (χ3v) is 2.25. The minimum atomic E-state index is 0.941. The zero-order valence-corrected chi connectivity index (χ0v) is 7.05. The van der Waals surface area contributed by atoms with Crippen LogP contribution in [0.4, 0.5) is 0 Å². The quantitative estimate of drug-likeness (QED) is 0.589. The predicted molar refractivity (Wildman–Crippen MR) is 47.2 cm³/mol. The maximum absolute atomic E-state index is 4.27. The van der Waals surface area contributed by atoms with Crippen molar-refractivity contribution in [3.8, 4) is 0 Å². The first-order valence-corrected chi connectivity index (χ1v) is 3.85. The molecule has 2 rings (SSSR count). The summed E-state index contributed by atoms with van der Waals surface area (Å²) in [5.74, 6) is 0. The van der Waals surface area contributed by atoms with Gasteiger partial charge in [0.25, 0.3) is 0 Å². The number of hydrogen-bond acceptors (Lipinski definition) is 2. The molecule has 0 spiro atoms. The van der Waals surface area contributed by atoms with Gasteiger partial charge in [-0.1, -0.05) is 0 Å². The normalized spacial score (nSPS) is 10.7. The summed E-state index contributed by atoms with van der Waals surface area (Å²) in [5.41, 5.74) is 2.30. The van der Waals surface area contributed by atoms with Gasteiger partial charge in [-0.3, -0.25) is 0 Å². The summed E-state index contributed by atoms with van der Waals surface area (Å²) in [4.78, 5) is 0.941. The minimum absolute atomic E-state index is 0.941. The van der Waals surface area contributed by atoms with Crippen LogP contribution in [-0.4, -0.2) is 9.61 Å². The summed E-state index contributed by atoms with van der Waals surface area (Å²) >= 11 is 4.27. The minimum Gasteiger partial charge on any atom is -0.241 e. The Kier molecular flexibility index (Phi) is 1.39. The number of hydrogen-bond donors (Lipinski definition) is 1. The molecule has 0 unspecified atom stereocenters. The van der Waals surface area contributed by atoms with Crippen molar-refractivity contribution in [1.29, 1.82) is 0 Å². The summed E-state index contributed by atoms with van der Waals surface area (Å²) in [6, 6.07) is 4.00. The fourth-order valence-electron chi connectivity index (χ4n) is 1.11. The van der Waals surface area contributed by atoms with Crippen LogP contribution >= 0.6 is 12.6 Å². The van der Waals surface area contributed by atoms with Crippen molar-refractivity contribution >= 4 is 18.1 Å². The molecule has 0 radical (unpaired) electrons. The number of aryl methyl sites for hydroxylation is 1. The largest absolute Gasteiger partial charge is 0.241 e. The summed E-state index contributed by atoms with van der Waals surface area (Å²) in [7, 11) is 0. The Morgan fingerprint density at radius 1 is 1.55 bits per heavy atom.